The van der Waals surface area contributed by atoms with Crippen LogP contribution in [0.15, 0.2) is 36.7 Å². The van der Waals surface area contributed by atoms with Gasteiger partial charge in [0.15, 0.2) is 0 Å². The van der Waals surface area contributed by atoms with E-state index >= 15 is 0 Å². The summed E-state index contributed by atoms with van der Waals surface area (Å²) in [5.41, 5.74) is 2.39. The van der Waals surface area contributed by atoms with E-state index in [1.54, 1.807) is 36.5 Å². The molecule has 26 heavy (non-hydrogen) atoms. The Hall–Kier alpha value is -2.60. The van der Waals surface area contributed by atoms with Gasteiger partial charge in [0, 0.05) is 37.1 Å². The molecule has 1 aromatic heterocycles. The number of ether oxygens (including phenoxy) is 1. The third-order valence-corrected chi connectivity index (χ3v) is 4.38. The van der Waals surface area contributed by atoms with Crippen LogP contribution in [0.4, 0.5) is 5.69 Å². The van der Waals surface area contributed by atoms with Gasteiger partial charge in [-0.1, -0.05) is 11.6 Å². The summed E-state index contributed by atoms with van der Waals surface area (Å²) in [6, 6.07) is 7.16. The van der Waals surface area contributed by atoms with Crippen LogP contribution in [0.1, 0.15) is 17.5 Å². The molecule has 0 aliphatic heterocycles. The van der Waals surface area contributed by atoms with Gasteiger partial charge in [-0.25, -0.2) is 0 Å². The Morgan fingerprint density at radius 3 is 2.62 bits per heavy atom. The van der Waals surface area contributed by atoms with Crippen LogP contribution in [0.2, 0.25) is 5.02 Å². The predicted molar refractivity (Wildman–Crippen MR) is 102 cm³/mol. The summed E-state index contributed by atoms with van der Waals surface area (Å²) < 4.78 is 5.22. The largest absolute Gasteiger partial charge is 0.495 e. The smallest absolute Gasteiger partial charge is 0.233 e. The van der Waals surface area contributed by atoms with E-state index in [1.165, 1.54) is 7.11 Å². The Morgan fingerprint density at radius 1 is 1.27 bits per heavy atom. The van der Waals surface area contributed by atoms with Crippen LogP contribution in [0.25, 0.3) is 0 Å². The number of aryl methyl sites for hydroxylation is 1. The molecular formula is C19H22ClN3O3. The van der Waals surface area contributed by atoms with Gasteiger partial charge < -0.3 is 15.0 Å². The molecule has 2 rings (SSSR count). The first-order valence-corrected chi connectivity index (χ1v) is 8.55. The van der Waals surface area contributed by atoms with E-state index in [-0.39, 0.29) is 12.3 Å². The van der Waals surface area contributed by atoms with Gasteiger partial charge in [-0.15, -0.1) is 0 Å². The van der Waals surface area contributed by atoms with Crippen LogP contribution in [-0.4, -0.2) is 42.4 Å². The van der Waals surface area contributed by atoms with E-state index in [2.05, 4.69) is 10.3 Å². The molecule has 6 nitrogen and oxygen atoms in total. The highest BCUT2D eigenvalue weighted by Crippen LogP contribution is 2.31. The number of aromatic nitrogens is 1. The van der Waals surface area contributed by atoms with Crippen molar-refractivity contribution >= 4 is 29.1 Å². The van der Waals surface area contributed by atoms with Gasteiger partial charge in [0.05, 0.1) is 12.8 Å². The number of amides is 2. The van der Waals surface area contributed by atoms with Crippen molar-refractivity contribution in [1.82, 2.24) is 9.88 Å². The number of carbonyl (C=O) groups excluding carboxylic acids is 2. The average Bonchev–Trinajstić information content (AvgIpc) is 2.63. The fraction of sp³-hybridized carbons (Fsp3) is 0.316. The lowest BCUT2D eigenvalue weighted by molar-refractivity contribution is -0.133. The van der Waals surface area contributed by atoms with Gasteiger partial charge >= 0.3 is 0 Å². The molecule has 2 aromatic rings. The zero-order valence-electron chi connectivity index (χ0n) is 15.1. The number of halogens is 1. The van der Waals surface area contributed by atoms with E-state index in [0.717, 1.165) is 11.1 Å². The number of likely N-dealkylation sites (N-methyl/N-ethyl adjacent to an activating group) is 1. The van der Waals surface area contributed by atoms with Crippen LogP contribution in [0.5, 0.6) is 5.75 Å². The molecule has 1 heterocycles. The molecule has 0 radical (unpaired) electrons. The highest BCUT2D eigenvalue weighted by atomic mass is 35.5. The van der Waals surface area contributed by atoms with Crippen molar-refractivity contribution in [2.45, 2.75) is 19.8 Å². The minimum Gasteiger partial charge on any atom is -0.495 e. The summed E-state index contributed by atoms with van der Waals surface area (Å²) in [7, 11) is 3.18. The summed E-state index contributed by atoms with van der Waals surface area (Å²) in [5, 5.41) is 3.26. The molecule has 0 spiro atoms. The van der Waals surface area contributed by atoms with E-state index < -0.39 is 5.91 Å². The Labute approximate surface area is 158 Å². The van der Waals surface area contributed by atoms with Crippen molar-refractivity contribution in [2.24, 2.45) is 0 Å². The van der Waals surface area contributed by atoms with E-state index in [1.807, 2.05) is 19.1 Å². The number of nitrogens with one attached hydrogen (secondary N) is 1. The van der Waals surface area contributed by atoms with Crippen molar-refractivity contribution < 1.29 is 14.3 Å². The second-order valence-corrected chi connectivity index (χ2v) is 6.35. The number of anilines is 1. The van der Waals surface area contributed by atoms with Crippen molar-refractivity contribution in [3.63, 3.8) is 0 Å². The molecule has 0 saturated carbocycles. The molecule has 0 atom stereocenters. The third kappa shape index (κ3) is 5.46. The molecule has 7 heteroatoms. The number of nitrogens with zero attached hydrogens (tertiary/aromatic N) is 2. The molecule has 1 N–H and O–H groups in total. The van der Waals surface area contributed by atoms with Crippen LogP contribution in [-0.2, 0) is 16.0 Å². The Morgan fingerprint density at radius 2 is 1.96 bits per heavy atom. The lowest BCUT2D eigenvalue weighted by Crippen LogP contribution is -2.32. The first kappa shape index (κ1) is 19.7. The fourth-order valence-electron chi connectivity index (χ4n) is 2.37. The summed E-state index contributed by atoms with van der Waals surface area (Å²) >= 11 is 6.05. The summed E-state index contributed by atoms with van der Waals surface area (Å²) in [6.07, 6.45) is 3.90. The summed E-state index contributed by atoms with van der Waals surface area (Å²) in [5.74, 6) is -0.195. The first-order valence-electron chi connectivity index (χ1n) is 8.17. The van der Waals surface area contributed by atoms with Crippen molar-refractivity contribution in [2.75, 3.05) is 26.0 Å². The fourth-order valence-corrected chi connectivity index (χ4v) is 2.52. The topological polar surface area (TPSA) is 71.5 Å². The maximum Gasteiger partial charge on any atom is 0.233 e. The van der Waals surface area contributed by atoms with Crippen LogP contribution < -0.4 is 10.1 Å². The number of rotatable bonds is 7. The Bertz CT molecular complexity index is 781. The average molecular weight is 376 g/mol. The molecule has 0 aliphatic carbocycles. The van der Waals surface area contributed by atoms with Crippen LogP contribution in [0.3, 0.4) is 0 Å². The van der Waals surface area contributed by atoms with Gasteiger partial charge in [-0.2, -0.15) is 0 Å². The number of hydrogen-bond acceptors (Lipinski definition) is 4. The Kier molecular flexibility index (Phi) is 6.97. The van der Waals surface area contributed by atoms with E-state index in [9.17, 15) is 9.59 Å². The molecule has 0 aliphatic rings. The van der Waals surface area contributed by atoms with Crippen molar-refractivity contribution in [3.8, 4) is 5.75 Å². The van der Waals surface area contributed by atoms with Gasteiger partial charge in [0.2, 0.25) is 11.8 Å². The molecular weight excluding hydrogens is 354 g/mol. The number of hydrogen-bond donors (Lipinski definition) is 1. The maximum atomic E-state index is 12.2. The van der Waals surface area contributed by atoms with Gasteiger partial charge in [-0.05, 0) is 42.7 Å². The van der Waals surface area contributed by atoms with Crippen LogP contribution in [0, 0.1) is 6.92 Å². The number of carbonyl (C=O) groups is 2. The van der Waals surface area contributed by atoms with E-state index in [4.69, 9.17) is 16.3 Å². The molecule has 0 unspecified atom stereocenters. The van der Waals surface area contributed by atoms with Gasteiger partial charge in [0.25, 0.3) is 0 Å². The number of benzene rings is 1. The summed E-state index contributed by atoms with van der Waals surface area (Å²) in [4.78, 5) is 30.0. The summed E-state index contributed by atoms with van der Waals surface area (Å²) in [6.45, 7) is 2.36. The SMILES string of the molecule is COc1cc(Cl)c(C)cc1NC(=O)CC(=O)N(C)CCc1ccncc1. The Balaban J connectivity index is 1.90. The minimum atomic E-state index is -0.397. The van der Waals surface area contributed by atoms with Gasteiger partial charge in [-0.3, -0.25) is 14.6 Å². The second kappa shape index (κ2) is 9.20. The molecule has 0 saturated heterocycles. The normalized spacial score (nSPS) is 10.3. The second-order valence-electron chi connectivity index (χ2n) is 5.95. The van der Waals surface area contributed by atoms with Crippen LogP contribution >= 0.6 is 11.6 Å². The van der Waals surface area contributed by atoms with Crippen molar-refractivity contribution in [1.29, 1.82) is 0 Å². The molecule has 138 valence electrons. The predicted octanol–water partition coefficient (Wildman–Crippen LogP) is 3.08. The number of methoxy groups -OCH3 is 1. The maximum absolute atomic E-state index is 12.2. The monoisotopic (exact) mass is 375 g/mol. The molecule has 2 amide bonds. The molecule has 1 aromatic carbocycles. The molecule has 0 bridgehead atoms. The zero-order valence-corrected chi connectivity index (χ0v) is 15.8. The number of pyridine rings is 1. The lowest BCUT2D eigenvalue weighted by atomic mass is 10.2. The zero-order chi connectivity index (χ0) is 19.1. The standard InChI is InChI=1S/C19H22ClN3O3/c1-13-10-16(17(26-3)11-15(13)20)22-18(24)12-19(25)23(2)9-6-14-4-7-21-8-5-14/h4-5,7-8,10-11H,6,9,12H2,1-3H3,(H,22,24). The van der Waals surface area contributed by atoms with Gasteiger partial charge in [0.1, 0.15) is 12.2 Å². The highest BCUT2D eigenvalue weighted by molar-refractivity contribution is 6.31. The third-order valence-electron chi connectivity index (χ3n) is 3.98. The lowest BCUT2D eigenvalue weighted by Gasteiger charge is -2.17. The van der Waals surface area contributed by atoms with E-state index in [0.29, 0.717) is 29.4 Å². The quantitative estimate of drug-likeness (QED) is 0.755. The first-order chi connectivity index (χ1) is 12.4. The molecule has 0 fully saturated rings. The van der Waals surface area contributed by atoms with Crippen molar-refractivity contribution in [3.05, 3.63) is 52.8 Å². The minimum absolute atomic E-state index is 0.238. The highest BCUT2D eigenvalue weighted by Gasteiger charge is 2.16.